The van der Waals surface area contributed by atoms with E-state index in [0.717, 1.165) is 25.3 Å². The van der Waals surface area contributed by atoms with Crippen LogP contribution in [0.25, 0.3) is 0 Å². The van der Waals surface area contributed by atoms with Gasteiger partial charge in [-0.1, -0.05) is 6.42 Å². The Balaban J connectivity index is 1.96. The topological polar surface area (TPSA) is 17.8 Å². The van der Waals surface area contributed by atoms with Crippen LogP contribution in [0.15, 0.2) is 12.4 Å². The lowest BCUT2D eigenvalue weighted by atomic mass is 9.86. The number of nitrogens with zero attached hydrogens (tertiary/aromatic N) is 2. The quantitative estimate of drug-likeness (QED) is 0.724. The number of aryl methyl sites for hydroxylation is 1. The lowest BCUT2D eigenvalue weighted by Gasteiger charge is -2.25. The van der Waals surface area contributed by atoms with Crippen molar-refractivity contribution in [3.8, 4) is 0 Å². The maximum atomic E-state index is 6.20. The van der Waals surface area contributed by atoms with Crippen LogP contribution in [0.3, 0.4) is 0 Å². The zero-order valence-electron chi connectivity index (χ0n) is 9.32. The van der Waals surface area contributed by atoms with Crippen molar-refractivity contribution in [1.82, 2.24) is 9.55 Å². The summed E-state index contributed by atoms with van der Waals surface area (Å²) < 4.78 is 2.23. The minimum atomic E-state index is 0.397. The van der Waals surface area contributed by atoms with Crippen molar-refractivity contribution in [3.05, 3.63) is 18.2 Å². The summed E-state index contributed by atoms with van der Waals surface area (Å²) in [4.78, 5) is 4.43. The van der Waals surface area contributed by atoms with Gasteiger partial charge in [0.1, 0.15) is 5.82 Å². The highest BCUT2D eigenvalue weighted by molar-refractivity contribution is 6.20. The minimum Gasteiger partial charge on any atom is -0.335 e. The SMILES string of the molecule is CCn1ccnc1CC1CCCC(Cl)C1. The highest BCUT2D eigenvalue weighted by Gasteiger charge is 2.21. The van der Waals surface area contributed by atoms with E-state index in [-0.39, 0.29) is 0 Å². The summed E-state index contributed by atoms with van der Waals surface area (Å²) in [5.41, 5.74) is 0. The maximum absolute atomic E-state index is 6.20. The molecule has 0 amide bonds. The molecule has 0 saturated heterocycles. The van der Waals surface area contributed by atoms with Gasteiger partial charge in [0.2, 0.25) is 0 Å². The summed E-state index contributed by atoms with van der Waals surface area (Å²) in [6.07, 6.45) is 10.0. The van der Waals surface area contributed by atoms with Crippen LogP contribution in [-0.2, 0) is 13.0 Å². The molecule has 15 heavy (non-hydrogen) atoms. The predicted molar refractivity (Wildman–Crippen MR) is 63.2 cm³/mol. The Morgan fingerprint density at radius 2 is 2.40 bits per heavy atom. The van der Waals surface area contributed by atoms with Crippen LogP contribution in [-0.4, -0.2) is 14.9 Å². The number of hydrogen-bond acceptors (Lipinski definition) is 1. The fraction of sp³-hybridized carbons (Fsp3) is 0.750. The Bertz CT molecular complexity index is 308. The summed E-state index contributed by atoms with van der Waals surface area (Å²) in [5, 5.41) is 0.397. The second-order valence-electron chi connectivity index (χ2n) is 4.46. The lowest BCUT2D eigenvalue weighted by molar-refractivity contribution is 0.352. The molecular formula is C12H19ClN2. The molecule has 1 aliphatic rings. The average molecular weight is 227 g/mol. The van der Waals surface area contributed by atoms with Gasteiger partial charge in [-0.15, -0.1) is 11.6 Å². The molecule has 0 bridgehead atoms. The van der Waals surface area contributed by atoms with Gasteiger partial charge in [0.05, 0.1) is 0 Å². The minimum absolute atomic E-state index is 0.397. The van der Waals surface area contributed by atoms with E-state index >= 15 is 0 Å². The molecule has 0 radical (unpaired) electrons. The molecule has 0 aliphatic heterocycles. The molecule has 1 aromatic rings. The Kier molecular flexibility index (Phi) is 3.68. The first-order valence-electron chi connectivity index (χ1n) is 5.93. The average Bonchev–Trinajstić information content (AvgIpc) is 2.65. The fourth-order valence-electron chi connectivity index (χ4n) is 2.49. The van der Waals surface area contributed by atoms with Crippen LogP contribution in [0.1, 0.15) is 38.4 Å². The van der Waals surface area contributed by atoms with Gasteiger partial charge in [-0.3, -0.25) is 0 Å². The first kappa shape index (κ1) is 11.0. The third kappa shape index (κ3) is 2.75. The van der Waals surface area contributed by atoms with Crippen molar-refractivity contribution < 1.29 is 0 Å². The van der Waals surface area contributed by atoms with Gasteiger partial charge in [0.25, 0.3) is 0 Å². The standard InChI is InChI=1S/C12H19ClN2/c1-2-15-7-6-14-12(15)9-10-4-3-5-11(13)8-10/h6-7,10-11H,2-5,8-9H2,1H3. The number of rotatable bonds is 3. The molecule has 84 valence electrons. The molecule has 0 N–H and O–H groups in total. The molecule has 2 atom stereocenters. The summed E-state index contributed by atoms with van der Waals surface area (Å²) in [7, 11) is 0. The van der Waals surface area contributed by atoms with Crippen molar-refractivity contribution in [2.75, 3.05) is 0 Å². The van der Waals surface area contributed by atoms with Crippen molar-refractivity contribution >= 4 is 11.6 Å². The Hall–Kier alpha value is -0.500. The monoisotopic (exact) mass is 226 g/mol. The van der Waals surface area contributed by atoms with Gasteiger partial charge in [-0.2, -0.15) is 0 Å². The van der Waals surface area contributed by atoms with E-state index in [0.29, 0.717) is 5.38 Å². The van der Waals surface area contributed by atoms with Crippen molar-refractivity contribution in [2.45, 2.75) is 50.9 Å². The summed E-state index contributed by atoms with van der Waals surface area (Å²) in [5.74, 6) is 1.97. The molecule has 2 nitrogen and oxygen atoms in total. The van der Waals surface area contributed by atoms with Crippen LogP contribution in [0.5, 0.6) is 0 Å². The molecule has 0 spiro atoms. The number of hydrogen-bond donors (Lipinski definition) is 0. The normalized spacial score (nSPS) is 26.8. The van der Waals surface area contributed by atoms with Crippen LogP contribution >= 0.6 is 11.6 Å². The summed E-state index contributed by atoms with van der Waals surface area (Å²) in [6, 6.07) is 0. The van der Waals surface area contributed by atoms with Gasteiger partial charge in [0.15, 0.2) is 0 Å². The van der Waals surface area contributed by atoms with Gasteiger partial charge in [0, 0.05) is 30.7 Å². The summed E-state index contributed by atoms with van der Waals surface area (Å²) in [6.45, 7) is 3.18. The molecule has 1 fully saturated rings. The smallest absolute Gasteiger partial charge is 0.108 e. The Labute approximate surface area is 96.7 Å². The van der Waals surface area contributed by atoms with E-state index in [9.17, 15) is 0 Å². The number of halogens is 1. The Morgan fingerprint density at radius 1 is 1.53 bits per heavy atom. The molecule has 1 heterocycles. The third-order valence-corrected chi connectivity index (χ3v) is 3.73. The van der Waals surface area contributed by atoms with Gasteiger partial charge in [-0.25, -0.2) is 4.98 Å². The van der Waals surface area contributed by atoms with Crippen LogP contribution in [0, 0.1) is 5.92 Å². The molecule has 1 aromatic heterocycles. The van der Waals surface area contributed by atoms with E-state index in [2.05, 4.69) is 22.7 Å². The molecule has 0 aromatic carbocycles. The highest BCUT2D eigenvalue weighted by Crippen LogP contribution is 2.29. The largest absolute Gasteiger partial charge is 0.335 e. The lowest BCUT2D eigenvalue weighted by Crippen LogP contribution is -2.19. The second kappa shape index (κ2) is 5.02. The molecule has 1 saturated carbocycles. The van der Waals surface area contributed by atoms with Crippen LogP contribution < -0.4 is 0 Å². The van der Waals surface area contributed by atoms with E-state index < -0.39 is 0 Å². The molecule has 2 unspecified atom stereocenters. The number of aromatic nitrogens is 2. The number of imidazole rings is 1. The highest BCUT2D eigenvalue weighted by atomic mass is 35.5. The molecular weight excluding hydrogens is 208 g/mol. The van der Waals surface area contributed by atoms with Crippen LogP contribution in [0.2, 0.25) is 0 Å². The van der Waals surface area contributed by atoms with Gasteiger partial charge in [-0.05, 0) is 32.1 Å². The van der Waals surface area contributed by atoms with Crippen LogP contribution in [0.4, 0.5) is 0 Å². The van der Waals surface area contributed by atoms with E-state index in [1.165, 1.54) is 25.1 Å². The first-order valence-corrected chi connectivity index (χ1v) is 6.37. The first-order chi connectivity index (χ1) is 7.29. The molecule has 3 heteroatoms. The van der Waals surface area contributed by atoms with Crippen molar-refractivity contribution in [3.63, 3.8) is 0 Å². The predicted octanol–water partition coefficient (Wildman–Crippen LogP) is 3.24. The van der Waals surface area contributed by atoms with Gasteiger partial charge >= 0.3 is 0 Å². The van der Waals surface area contributed by atoms with Crippen molar-refractivity contribution in [2.24, 2.45) is 5.92 Å². The zero-order chi connectivity index (χ0) is 10.7. The molecule has 1 aliphatic carbocycles. The zero-order valence-corrected chi connectivity index (χ0v) is 10.1. The second-order valence-corrected chi connectivity index (χ2v) is 5.08. The van der Waals surface area contributed by atoms with Gasteiger partial charge < -0.3 is 4.57 Å². The van der Waals surface area contributed by atoms with Crippen molar-refractivity contribution in [1.29, 1.82) is 0 Å². The van der Waals surface area contributed by atoms with E-state index in [1.807, 2.05) is 6.20 Å². The number of alkyl halides is 1. The fourth-order valence-corrected chi connectivity index (χ4v) is 2.89. The summed E-state index contributed by atoms with van der Waals surface area (Å²) >= 11 is 6.20. The van der Waals surface area contributed by atoms with E-state index in [1.54, 1.807) is 0 Å². The maximum Gasteiger partial charge on any atom is 0.108 e. The molecule has 2 rings (SSSR count). The van der Waals surface area contributed by atoms with E-state index in [4.69, 9.17) is 11.6 Å². The third-order valence-electron chi connectivity index (χ3n) is 3.33. The Morgan fingerprint density at radius 3 is 3.13 bits per heavy atom.